The Labute approximate surface area is 73.1 Å². The van der Waals surface area contributed by atoms with Gasteiger partial charge in [0.2, 0.25) is 0 Å². The third kappa shape index (κ3) is 1.30. The smallest absolute Gasteiger partial charge is 0.0265 e. The van der Waals surface area contributed by atoms with Gasteiger partial charge in [0.1, 0.15) is 0 Å². The summed E-state index contributed by atoms with van der Waals surface area (Å²) in [5.41, 5.74) is 1.55. The van der Waals surface area contributed by atoms with Crippen LogP contribution in [-0.2, 0) is 0 Å². The van der Waals surface area contributed by atoms with E-state index in [9.17, 15) is 0 Å². The highest BCUT2D eigenvalue weighted by Crippen LogP contribution is 2.33. The van der Waals surface area contributed by atoms with E-state index >= 15 is 0 Å². The zero-order chi connectivity index (χ0) is 7.68. The van der Waals surface area contributed by atoms with Gasteiger partial charge in [0.15, 0.2) is 0 Å². The summed E-state index contributed by atoms with van der Waals surface area (Å²) in [4.78, 5) is 0. The second kappa shape index (κ2) is 2.90. The second-order valence-electron chi connectivity index (χ2n) is 3.13. The van der Waals surface area contributed by atoms with E-state index in [1.165, 1.54) is 6.42 Å². The van der Waals surface area contributed by atoms with Crippen LogP contribution in [0.4, 0.5) is 0 Å². The van der Waals surface area contributed by atoms with Gasteiger partial charge in [0.25, 0.3) is 0 Å². The maximum Gasteiger partial charge on any atom is 0.0265 e. The molecule has 58 valence electrons. The van der Waals surface area contributed by atoms with Crippen molar-refractivity contribution < 1.29 is 0 Å². The Morgan fingerprint density at radius 3 is 3.09 bits per heavy atom. The highest BCUT2D eigenvalue weighted by atomic mass is 32.1. The average molecular weight is 164 g/mol. The fraction of sp³-hybridized carbons (Fsp3) is 0.400. The van der Waals surface area contributed by atoms with E-state index in [0.29, 0.717) is 11.2 Å². The predicted molar refractivity (Wildman–Crippen MR) is 51.9 cm³/mol. The number of hydrogen-bond donors (Lipinski definition) is 1. The van der Waals surface area contributed by atoms with Gasteiger partial charge >= 0.3 is 0 Å². The molecule has 0 radical (unpaired) electrons. The Morgan fingerprint density at radius 2 is 2.27 bits per heavy atom. The molecule has 0 nitrogen and oxygen atoms in total. The molecule has 11 heavy (non-hydrogen) atoms. The quantitative estimate of drug-likeness (QED) is 0.413. The van der Waals surface area contributed by atoms with Crippen LogP contribution in [0.1, 0.15) is 12.8 Å². The van der Waals surface area contributed by atoms with Crippen molar-refractivity contribution in [1.29, 1.82) is 0 Å². The van der Waals surface area contributed by atoms with Crippen molar-refractivity contribution in [3.8, 4) is 0 Å². The molecule has 0 N–H and O–H groups in total. The lowest BCUT2D eigenvalue weighted by molar-refractivity contribution is 0.612. The first-order chi connectivity index (χ1) is 5.38. The number of thiol groups is 1. The Kier molecular flexibility index (Phi) is 1.91. The SMILES string of the molecule is SC1C=CCC2=CC=CCC21. The molecule has 0 spiro atoms. The fourth-order valence-corrected chi connectivity index (χ4v) is 2.18. The minimum Gasteiger partial charge on any atom is -0.171 e. The van der Waals surface area contributed by atoms with Gasteiger partial charge < -0.3 is 0 Å². The highest BCUT2D eigenvalue weighted by molar-refractivity contribution is 7.81. The van der Waals surface area contributed by atoms with E-state index in [1.54, 1.807) is 5.57 Å². The summed E-state index contributed by atoms with van der Waals surface area (Å²) < 4.78 is 0. The molecular weight excluding hydrogens is 152 g/mol. The molecule has 0 aromatic carbocycles. The summed E-state index contributed by atoms with van der Waals surface area (Å²) in [6.07, 6.45) is 13.4. The van der Waals surface area contributed by atoms with Crippen LogP contribution in [0, 0.1) is 5.92 Å². The van der Waals surface area contributed by atoms with Gasteiger partial charge in [-0.3, -0.25) is 0 Å². The van der Waals surface area contributed by atoms with Gasteiger partial charge in [-0.15, -0.1) is 0 Å². The zero-order valence-electron chi connectivity index (χ0n) is 6.40. The number of fused-ring (bicyclic) bond motifs is 1. The van der Waals surface area contributed by atoms with E-state index in [0.717, 1.165) is 6.42 Å². The topological polar surface area (TPSA) is 0 Å². The van der Waals surface area contributed by atoms with Crippen molar-refractivity contribution >= 4 is 12.6 Å². The van der Waals surface area contributed by atoms with Crippen LogP contribution in [0.2, 0.25) is 0 Å². The van der Waals surface area contributed by atoms with Crippen molar-refractivity contribution in [2.75, 3.05) is 0 Å². The molecule has 0 saturated carbocycles. The van der Waals surface area contributed by atoms with Crippen molar-refractivity contribution in [3.63, 3.8) is 0 Å². The van der Waals surface area contributed by atoms with Crippen molar-refractivity contribution in [2.45, 2.75) is 18.1 Å². The summed E-state index contributed by atoms with van der Waals surface area (Å²) in [5, 5.41) is 0.444. The van der Waals surface area contributed by atoms with Crippen molar-refractivity contribution in [3.05, 3.63) is 36.0 Å². The van der Waals surface area contributed by atoms with E-state index in [4.69, 9.17) is 0 Å². The Balaban J connectivity index is 2.27. The largest absolute Gasteiger partial charge is 0.171 e. The van der Waals surface area contributed by atoms with E-state index in [-0.39, 0.29) is 0 Å². The average Bonchev–Trinajstić information content (AvgIpc) is 2.06. The molecule has 0 aromatic rings. The van der Waals surface area contributed by atoms with Crippen molar-refractivity contribution in [2.24, 2.45) is 5.92 Å². The number of rotatable bonds is 0. The third-order valence-corrected chi connectivity index (χ3v) is 2.94. The lowest BCUT2D eigenvalue weighted by Gasteiger charge is -2.27. The van der Waals surface area contributed by atoms with Crippen LogP contribution in [0.15, 0.2) is 36.0 Å². The molecule has 0 amide bonds. The van der Waals surface area contributed by atoms with Crippen LogP contribution < -0.4 is 0 Å². The molecule has 2 atom stereocenters. The first-order valence-electron chi connectivity index (χ1n) is 4.08. The first kappa shape index (κ1) is 7.23. The molecule has 0 heterocycles. The molecule has 2 rings (SSSR count). The van der Waals surface area contributed by atoms with Crippen LogP contribution in [0.3, 0.4) is 0 Å². The summed E-state index contributed by atoms with van der Waals surface area (Å²) >= 11 is 4.52. The molecule has 1 heteroatoms. The van der Waals surface area contributed by atoms with Gasteiger partial charge in [-0.25, -0.2) is 0 Å². The lowest BCUT2D eigenvalue weighted by Crippen LogP contribution is -2.19. The van der Waals surface area contributed by atoms with Crippen LogP contribution in [-0.4, -0.2) is 5.25 Å². The van der Waals surface area contributed by atoms with E-state index in [2.05, 4.69) is 43.0 Å². The summed E-state index contributed by atoms with van der Waals surface area (Å²) in [5.74, 6) is 0.674. The number of allylic oxidation sites excluding steroid dienone is 5. The molecule has 0 fully saturated rings. The summed E-state index contributed by atoms with van der Waals surface area (Å²) in [6, 6.07) is 0. The molecule has 0 saturated heterocycles. The van der Waals surface area contributed by atoms with Gasteiger partial charge in [-0.2, -0.15) is 12.6 Å². The van der Waals surface area contributed by atoms with Crippen molar-refractivity contribution in [1.82, 2.24) is 0 Å². The second-order valence-corrected chi connectivity index (χ2v) is 3.73. The molecule has 0 bridgehead atoms. The Bertz CT molecular complexity index is 235. The molecule has 2 aliphatic carbocycles. The lowest BCUT2D eigenvalue weighted by atomic mass is 9.83. The van der Waals surface area contributed by atoms with Gasteiger partial charge in [0.05, 0.1) is 0 Å². The number of hydrogen-bond acceptors (Lipinski definition) is 1. The van der Waals surface area contributed by atoms with Gasteiger partial charge in [0, 0.05) is 5.25 Å². The minimum absolute atomic E-state index is 0.444. The maximum absolute atomic E-state index is 4.52. The molecule has 2 unspecified atom stereocenters. The third-order valence-electron chi connectivity index (χ3n) is 2.41. The van der Waals surface area contributed by atoms with Crippen LogP contribution >= 0.6 is 12.6 Å². The zero-order valence-corrected chi connectivity index (χ0v) is 7.30. The molecular formula is C10H12S. The van der Waals surface area contributed by atoms with E-state index < -0.39 is 0 Å². The highest BCUT2D eigenvalue weighted by Gasteiger charge is 2.22. The minimum atomic E-state index is 0.444. The molecule has 0 aliphatic heterocycles. The summed E-state index contributed by atoms with van der Waals surface area (Å²) in [6.45, 7) is 0. The first-order valence-corrected chi connectivity index (χ1v) is 4.60. The fourth-order valence-electron chi connectivity index (χ4n) is 1.75. The molecule has 0 aromatic heterocycles. The van der Waals surface area contributed by atoms with Crippen LogP contribution in [0.5, 0.6) is 0 Å². The normalized spacial score (nSPS) is 34.8. The van der Waals surface area contributed by atoms with E-state index in [1.807, 2.05) is 0 Å². The Hall–Kier alpha value is -0.430. The predicted octanol–water partition coefficient (Wildman–Crippen LogP) is 2.75. The maximum atomic E-state index is 4.52. The monoisotopic (exact) mass is 164 g/mol. The van der Waals surface area contributed by atoms with Gasteiger partial charge in [-0.05, 0) is 18.8 Å². The van der Waals surface area contributed by atoms with Crippen LogP contribution in [0.25, 0.3) is 0 Å². The standard InChI is InChI=1S/C10H12S/c11-10-7-3-5-8-4-1-2-6-9(8)10/h1-4,7,9-11H,5-6H2. The van der Waals surface area contributed by atoms with Gasteiger partial charge in [-0.1, -0.05) is 36.0 Å². The Morgan fingerprint density at radius 1 is 1.36 bits per heavy atom. The molecule has 2 aliphatic rings. The summed E-state index contributed by atoms with van der Waals surface area (Å²) in [7, 11) is 0.